The summed E-state index contributed by atoms with van der Waals surface area (Å²) in [7, 11) is 0. The zero-order chi connectivity index (χ0) is 11.4. The van der Waals surface area contributed by atoms with Gasteiger partial charge in [0.15, 0.2) is 0 Å². The molecule has 0 aliphatic rings. The van der Waals surface area contributed by atoms with Crippen LogP contribution in [0, 0.1) is 0 Å². The van der Waals surface area contributed by atoms with E-state index in [1.807, 2.05) is 0 Å². The van der Waals surface area contributed by atoms with Crippen molar-refractivity contribution in [2.24, 2.45) is 0 Å². The first-order chi connectivity index (χ1) is 6.50. The Labute approximate surface area is 86.5 Å². The minimum absolute atomic E-state index is 0.167. The van der Waals surface area contributed by atoms with E-state index in [2.05, 4.69) is 6.92 Å². The second-order valence-electron chi connectivity index (χ2n) is 3.47. The van der Waals surface area contributed by atoms with Gasteiger partial charge in [0.2, 0.25) is 0 Å². The minimum atomic E-state index is -0.670. The third-order valence-electron chi connectivity index (χ3n) is 1.49. The summed E-state index contributed by atoms with van der Waals surface area (Å²) < 4.78 is 0. The third-order valence-corrected chi connectivity index (χ3v) is 1.49. The van der Waals surface area contributed by atoms with Gasteiger partial charge in [-0.2, -0.15) is 0 Å². The van der Waals surface area contributed by atoms with Crippen LogP contribution in [0.5, 0.6) is 0 Å². The van der Waals surface area contributed by atoms with E-state index in [1.165, 1.54) is 33.1 Å². The summed E-state index contributed by atoms with van der Waals surface area (Å²) in [6.45, 7) is 5.21. The number of carboxylic acid groups (broad SMARTS) is 1. The molecule has 0 amide bonds. The Balaban J connectivity index is 0. The molecule has 0 radical (unpaired) electrons. The fourth-order valence-corrected chi connectivity index (χ4v) is 0.880. The predicted octanol–water partition coefficient (Wildman–Crippen LogP) is 3.03. The lowest BCUT2D eigenvalue weighted by Gasteiger charge is -1.95. The summed E-state index contributed by atoms with van der Waals surface area (Å²) in [4.78, 5) is 19.5. The number of hydrogen-bond donors (Lipinski definition) is 1. The highest BCUT2D eigenvalue weighted by Gasteiger charge is 1.94. The number of carboxylic acids is 1. The Hall–Kier alpha value is -0.860. The van der Waals surface area contributed by atoms with Gasteiger partial charge in [0, 0.05) is 6.42 Å². The lowest BCUT2D eigenvalue weighted by Crippen LogP contribution is -1.93. The maximum Gasteiger partial charge on any atom is 0.303 e. The van der Waals surface area contributed by atoms with Crippen molar-refractivity contribution >= 4 is 11.8 Å². The molecule has 3 heteroatoms. The van der Waals surface area contributed by atoms with E-state index in [4.69, 9.17) is 5.11 Å². The molecular formula is C11H22O3. The summed E-state index contributed by atoms with van der Waals surface area (Å²) in [6.07, 6.45) is 5.88. The minimum Gasteiger partial charge on any atom is -0.481 e. The average molecular weight is 202 g/mol. The molecule has 0 spiro atoms. The van der Waals surface area contributed by atoms with Gasteiger partial charge in [-0.1, -0.05) is 32.6 Å². The second-order valence-corrected chi connectivity index (χ2v) is 3.47. The first-order valence-corrected chi connectivity index (χ1v) is 5.19. The van der Waals surface area contributed by atoms with Crippen LogP contribution in [0.1, 0.15) is 59.3 Å². The molecule has 0 unspecified atom stereocenters. The Morgan fingerprint density at radius 1 is 1.00 bits per heavy atom. The molecule has 14 heavy (non-hydrogen) atoms. The van der Waals surface area contributed by atoms with Crippen molar-refractivity contribution in [3.05, 3.63) is 0 Å². The van der Waals surface area contributed by atoms with E-state index >= 15 is 0 Å². The normalized spacial score (nSPS) is 8.79. The van der Waals surface area contributed by atoms with Crippen molar-refractivity contribution in [1.29, 1.82) is 0 Å². The van der Waals surface area contributed by atoms with Crippen molar-refractivity contribution in [2.75, 3.05) is 0 Å². The maximum atomic E-state index is 10.0. The fraction of sp³-hybridized carbons (Fsp3) is 0.818. The molecule has 0 aliphatic heterocycles. The van der Waals surface area contributed by atoms with Crippen LogP contribution in [0.3, 0.4) is 0 Å². The van der Waals surface area contributed by atoms with Gasteiger partial charge < -0.3 is 9.90 Å². The largest absolute Gasteiger partial charge is 0.481 e. The molecule has 3 nitrogen and oxygen atoms in total. The lowest BCUT2D eigenvalue weighted by molar-refractivity contribution is -0.137. The number of Topliss-reactive ketones (excluding diaryl/α,β-unsaturated/α-hetero) is 1. The highest BCUT2D eigenvalue weighted by atomic mass is 16.4. The van der Waals surface area contributed by atoms with Crippen LogP contribution in [0.2, 0.25) is 0 Å². The van der Waals surface area contributed by atoms with Crippen LogP contribution >= 0.6 is 0 Å². The first kappa shape index (κ1) is 15.6. The summed E-state index contributed by atoms with van der Waals surface area (Å²) in [5, 5.41) is 8.27. The van der Waals surface area contributed by atoms with E-state index in [1.54, 1.807) is 0 Å². The van der Waals surface area contributed by atoms with Crippen molar-refractivity contribution in [1.82, 2.24) is 0 Å². The van der Waals surface area contributed by atoms with Gasteiger partial charge in [0.1, 0.15) is 5.78 Å². The Morgan fingerprint density at radius 2 is 1.43 bits per heavy atom. The highest BCUT2D eigenvalue weighted by molar-refractivity contribution is 5.72. The van der Waals surface area contributed by atoms with E-state index in [0.717, 1.165) is 12.8 Å². The summed E-state index contributed by atoms with van der Waals surface area (Å²) in [6, 6.07) is 0. The molecule has 0 aromatic carbocycles. The fourth-order valence-electron chi connectivity index (χ4n) is 0.880. The van der Waals surface area contributed by atoms with Crippen LogP contribution < -0.4 is 0 Å². The second kappa shape index (κ2) is 12.1. The van der Waals surface area contributed by atoms with Crippen LogP contribution in [0.15, 0.2) is 0 Å². The number of ketones is 1. The number of hydrogen-bond acceptors (Lipinski definition) is 2. The lowest BCUT2D eigenvalue weighted by atomic mass is 10.1. The van der Waals surface area contributed by atoms with E-state index in [0.29, 0.717) is 6.42 Å². The van der Waals surface area contributed by atoms with Gasteiger partial charge in [0.05, 0.1) is 0 Å². The van der Waals surface area contributed by atoms with Crippen LogP contribution in [-0.2, 0) is 9.59 Å². The van der Waals surface area contributed by atoms with Crippen molar-refractivity contribution in [3.63, 3.8) is 0 Å². The van der Waals surface area contributed by atoms with Gasteiger partial charge in [0.25, 0.3) is 0 Å². The zero-order valence-electron chi connectivity index (χ0n) is 9.51. The Morgan fingerprint density at radius 3 is 1.79 bits per heavy atom. The molecule has 0 aromatic rings. The molecule has 0 bridgehead atoms. The van der Waals surface area contributed by atoms with E-state index in [9.17, 15) is 9.59 Å². The van der Waals surface area contributed by atoms with Crippen LogP contribution in [-0.4, -0.2) is 16.9 Å². The van der Waals surface area contributed by atoms with Crippen molar-refractivity contribution in [3.8, 4) is 0 Å². The van der Waals surface area contributed by atoms with Gasteiger partial charge in [-0.05, 0) is 20.3 Å². The smallest absolute Gasteiger partial charge is 0.303 e. The summed E-state index contributed by atoms with van der Waals surface area (Å²) in [5.41, 5.74) is 0. The molecule has 0 aliphatic carbocycles. The topological polar surface area (TPSA) is 54.4 Å². The molecular weight excluding hydrogens is 180 g/mol. The quantitative estimate of drug-likeness (QED) is 0.673. The Bertz CT molecular complexity index is 149. The molecule has 0 fully saturated rings. The molecule has 0 saturated heterocycles. The number of unbranched alkanes of at least 4 members (excludes halogenated alkanes) is 4. The Kier molecular flexibility index (Phi) is 13.5. The number of aliphatic carboxylic acids is 1. The molecule has 0 saturated carbocycles. The molecule has 0 aromatic heterocycles. The van der Waals surface area contributed by atoms with Crippen molar-refractivity contribution < 1.29 is 14.7 Å². The van der Waals surface area contributed by atoms with Crippen LogP contribution in [0.25, 0.3) is 0 Å². The van der Waals surface area contributed by atoms with E-state index in [-0.39, 0.29) is 5.78 Å². The maximum absolute atomic E-state index is 10.0. The number of rotatable bonds is 6. The molecule has 0 heterocycles. The summed E-state index contributed by atoms with van der Waals surface area (Å²) >= 11 is 0. The zero-order valence-corrected chi connectivity index (χ0v) is 9.51. The third kappa shape index (κ3) is 30.4. The van der Waals surface area contributed by atoms with Gasteiger partial charge in [-0.25, -0.2) is 0 Å². The number of carbonyl (C=O) groups excluding carboxylic acids is 1. The average Bonchev–Trinajstić information content (AvgIpc) is 2.02. The molecule has 0 atom stereocenters. The molecule has 1 N–H and O–H groups in total. The van der Waals surface area contributed by atoms with Crippen LogP contribution in [0.4, 0.5) is 0 Å². The molecule has 84 valence electrons. The number of carbonyl (C=O) groups is 2. The van der Waals surface area contributed by atoms with Crippen molar-refractivity contribution in [2.45, 2.75) is 59.3 Å². The summed E-state index contributed by atoms with van der Waals surface area (Å²) in [5.74, 6) is -0.503. The standard InChI is InChI=1S/C8H16O2.C3H6O/c1-2-3-4-5-6-7-8(9)10;1-3(2)4/h2-7H2,1H3,(H,9,10);1-2H3. The predicted molar refractivity (Wildman–Crippen MR) is 57.4 cm³/mol. The van der Waals surface area contributed by atoms with Gasteiger partial charge in [-0.3, -0.25) is 4.79 Å². The van der Waals surface area contributed by atoms with Gasteiger partial charge >= 0.3 is 5.97 Å². The highest BCUT2D eigenvalue weighted by Crippen LogP contribution is 2.04. The van der Waals surface area contributed by atoms with Gasteiger partial charge in [-0.15, -0.1) is 0 Å². The van der Waals surface area contributed by atoms with E-state index < -0.39 is 5.97 Å². The monoisotopic (exact) mass is 202 g/mol. The SMILES string of the molecule is CC(C)=O.CCCCCCCC(=O)O. The first-order valence-electron chi connectivity index (χ1n) is 5.19. The molecule has 0 rings (SSSR count).